The van der Waals surface area contributed by atoms with E-state index in [1.54, 1.807) is 34.5 Å². The van der Waals surface area contributed by atoms with Crippen molar-refractivity contribution in [2.45, 2.75) is 52.1 Å². The Bertz CT molecular complexity index is 1460. The molecular weight excluding hydrogens is 482 g/mol. The Morgan fingerprint density at radius 3 is 2.58 bits per heavy atom. The second kappa shape index (κ2) is 10.7. The van der Waals surface area contributed by atoms with Crippen molar-refractivity contribution in [3.05, 3.63) is 60.1 Å². The molecule has 2 N–H and O–H groups in total. The number of hydrogen-bond donors (Lipinski definition) is 2. The highest BCUT2D eigenvalue weighted by molar-refractivity contribution is 6.03. The van der Waals surface area contributed by atoms with Crippen molar-refractivity contribution in [2.75, 3.05) is 18.4 Å². The van der Waals surface area contributed by atoms with E-state index in [1.807, 2.05) is 25.4 Å². The molecule has 0 saturated carbocycles. The van der Waals surface area contributed by atoms with Crippen molar-refractivity contribution in [3.63, 3.8) is 0 Å². The summed E-state index contributed by atoms with van der Waals surface area (Å²) in [4.78, 5) is 32.7. The number of rotatable bonds is 7. The minimum Gasteiger partial charge on any atom is -0.351 e. The summed E-state index contributed by atoms with van der Waals surface area (Å²) in [5.41, 5.74) is 3.84. The van der Waals surface area contributed by atoms with Gasteiger partial charge in [0.05, 0.1) is 23.1 Å². The predicted molar refractivity (Wildman–Crippen MR) is 144 cm³/mol. The van der Waals surface area contributed by atoms with Gasteiger partial charge >= 0.3 is 0 Å². The van der Waals surface area contributed by atoms with E-state index in [1.165, 1.54) is 25.5 Å². The van der Waals surface area contributed by atoms with E-state index in [-0.39, 0.29) is 11.7 Å². The number of anilines is 1. The monoisotopic (exact) mass is 515 g/mol. The lowest BCUT2D eigenvalue weighted by atomic mass is 9.98. The highest BCUT2D eigenvalue weighted by Crippen LogP contribution is 2.22. The molecule has 11 heteroatoms. The number of likely N-dealkylation sites (tertiary alicyclic amines) is 1. The van der Waals surface area contributed by atoms with Crippen molar-refractivity contribution in [3.8, 4) is 11.1 Å². The number of amides is 2. The molecule has 4 aromatic heterocycles. The second-order valence-electron chi connectivity index (χ2n) is 10.0. The summed E-state index contributed by atoms with van der Waals surface area (Å²) in [5, 5.41) is 18.3. The summed E-state index contributed by atoms with van der Waals surface area (Å²) >= 11 is 0. The molecule has 5 rings (SSSR count). The predicted octanol–water partition coefficient (Wildman–Crippen LogP) is 3.08. The molecule has 38 heavy (non-hydrogen) atoms. The van der Waals surface area contributed by atoms with Crippen molar-refractivity contribution < 1.29 is 9.59 Å². The Balaban J connectivity index is 1.26. The molecule has 1 fully saturated rings. The van der Waals surface area contributed by atoms with Gasteiger partial charge in [-0.25, -0.2) is 0 Å². The summed E-state index contributed by atoms with van der Waals surface area (Å²) < 4.78 is 3.35. The minimum absolute atomic E-state index is 0.136. The molecule has 5 heterocycles. The number of hydrogen-bond acceptors (Lipinski definition) is 7. The SMILES string of the molecule is Cc1ncc(C(=O)NCCN2[C@H](C)CCC[C@@H]2C)cc1NC(=O)c1nnc2cc(-c3cnn(C)c3)ccn12. The normalized spacial score (nSPS) is 18.0. The van der Waals surface area contributed by atoms with E-state index >= 15 is 0 Å². The van der Waals surface area contributed by atoms with Crippen molar-refractivity contribution >= 4 is 23.1 Å². The fourth-order valence-corrected chi connectivity index (χ4v) is 5.07. The van der Waals surface area contributed by atoms with Gasteiger partial charge < -0.3 is 10.6 Å². The van der Waals surface area contributed by atoms with Crippen LogP contribution < -0.4 is 10.6 Å². The summed E-state index contributed by atoms with van der Waals surface area (Å²) in [5.74, 6) is -0.528. The summed E-state index contributed by atoms with van der Waals surface area (Å²) in [6.45, 7) is 7.62. The fourth-order valence-electron chi connectivity index (χ4n) is 5.07. The number of aromatic nitrogens is 6. The number of aryl methyl sites for hydroxylation is 2. The number of carbonyl (C=O) groups excluding carboxylic acids is 2. The number of carbonyl (C=O) groups is 2. The van der Waals surface area contributed by atoms with Crippen LogP contribution in [0.25, 0.3) is 16.8 Å². The zero-order valence-electron chi connectivity index (χ0n) is 22.2. The van der Waals surface area contributed by atoms with Crippen LogP contribution in [0.2, 0.25) is 0 Å². The maximum Gasteiger partial charge on any atom is 0.294 e. The molecule has 0 unspecified atom stereocenters. The number of piperidine rings is 1. The third-order valence-electron chi connectivity index (χ3n) is 7.28. The van der Waals surface area contributed by atoms with Gasteiger partial charge in [0, 0.05) is 56.4 Å². The van der Waals surface area contributed by atoms with Gasteiger partial charge in [0.2, 0.25) is 5.82 Å². The first-order valence-corrected chi connectivity index (χ1v) is 13.0. The maximum atomic E-state index is 13.1. The molecule has 1 saturated heterocycles. The van der Waals surface area contributed by atoms with Crippen LogP contribution in [-0.2, 0) is 7.05 Å². The minimum atomic E-state index is -0.442. The van der Waals surface area contributed by atoms with Gasteiger partial charge in [-0.3, -0.25) is 28.6 Å². The van der Waals surface area contributed by atoms with Crippen LogP contribution in [0, 0.1) is 6.92 Å². The lowest BCUT2D eigenvalue weighted by molar-refractivity contribution is 0.0888. The lowest BCUT2D eigenvalue weighted by Gasteiger charge is -2.39. The number of nitrogens with one attached hydrogen (secondary N) is 2. The molecule has 2 amide bonds. The van der Waals surface area contributed by atoms with Crippen LogP contribution in [0.15, 0.2) is 43.0 Å². The summed E-state index contributed by atoms with van der Waals surface area (Å²) in [6, 6.07) is 6.42. The van der Waals surface area contributed by atoms with Crippen LogP contribution in [-0.4, -0.2) is 71.2 Å². The highest BCUT2D eigenvalue weighted by atomic mass is 16.2. The van der Waals surface area contributed by atoms with Crippen LogP contribution in [0.5, 0.6) is 0 Å². The van der Waals surface area contributed by atoms with E-state index in [9.17, 15) is 9.59 Å². The zero-order chi connectivity index (χ0) is 26.8. The Kier molecular flexibility index (Phi) is 7.19. The van der Waals surface area contributed by atoms with Gasteiger partial charge in [-0.05, 0) is 57.4 Å². The Hall–Kier alpha value is -4.12. The van der Waals surface area contributed by atoms with E-state index in [0.29, 0.717) is 41.2 Å². The molecular formula is C27H33N9O2. The first-order chi connectivity index (χ1) is 18.3. The Labute approximate surface area is 221 Å². The molecule has 11 nitrogen and oxygen atoms in total. The van der Waals surface area contributed by atoms with Gasteiger partial charge in [0.25, 0.3) is 11.8 Å². The molecule has 0 aliphatic carbocycles. The van der Waals surface area contributed by atoms with Crippen LogP contribution in [0.4, 0.5) is 5.69 Å². The third kappa shape index (κ3) is 5.28. The van der Waals surface area contributed by atoms with Crippen molar-refractivity contribution in [2.24, 2.45) is 7.05 Å². The quantitative estimate of drug-likeness (QED) is 0.388. The molecule has 2 atom stereocenters. The number of pyridine rings is 2. The standard InChI is InChI=1S/C27H33N9O2/c1-17-6-5-7-18(2)35(17)11-9-28-26(37)21-12-23(19(3)29-14-21)31-27(38)25-33-32-24-13-20(8-10-36(24)25)22-15-30-34(4)16-22/h8,10,12-18H,5-7,9,11H2,1-4H3,(H,28,37)(H,31,38)/t17-,18+. The molecule has 198 valence electrons. The van der Waals surface area contributed by atoms with E-state index < -0.39 is 5.91 Å². The molecule has 0 aromatic carbocycles. The molecule has 0 bridgehead atoms. The topological polar surface area (TPSA) is 122 Å². The Morgan fingerprint density at radius 2 is 1.84 bits per heavy atom. The average molecular weight is 516 g/mol. The molecule has 0 radical (unpaired) electrons. The van der Waals surface area contributed by atoms with Gasteiger partial charge in [-0.15, -0.1) is 10.2 Å². The number of fused-ring (bicyclic) bond motifs is 1. The third-order valence-corrected chi connectivity index (χ3v) is 7.28. The number of nitrogens with zero attached hydrogens (tertiary/aromatic N) is 7. The molecule has 1 aliphatic rings. The van der Waals surface area contributed by atoms with Gasteiger partial charge in [-0.1, -0.05) is 6.42 Å². The summed E-state index contributed by atoms with van der Waals surface area (Å²) in [7, 11) is 1.85. The van der Waals surface area contributed by atoms with Gasteiger partial charge in [0.1, 0.15) is 0 Å². The largest absolute Gasteiger partial charge is 0.351 e. The van der Waals surface area contributed by atoms with Gasteiger partial charge in [0.15, 0.2) is 5.65 Å². The van der Waals surface area contributed by atoms with E-state index in [2.05, 4.69) is 49.7 Å². The smallest absolute Gasteiger partial charge is 0.294 e. The molecule has 0 spiro atoms. The fraction of sp³-hybridized carbons (Fsp3) is 0.407. The van der Waals surface area contributed by atoms with E-state index in [4.69, 9.17) is 0 Å². The van der Waals surface area contributed by atoms with Crippen LogP contribution in [0.3, 0.4) is 0 Å². The van der Waals surface area contributed by atoms with Crippen molar-refractivity contribution in [1.29, 1.82) is 0 Å². The summed E-state index contributed by atoms with van der Waals surface area (Å²) in [6.07, 6.45) is 10.6. The maximum absolute atomic E-state index is 13.1. The first-order valence-electron chi connectivity index (χ1n) is 13.0. The van der Waals surface area contributed by atoms with Crippen LogP contribution in [0.1, 0.15) is 59.8 Å². The second-order valence-corrected chi connectivity index (χ2v) is 10.0. The molecule has 4 aromatic rings. The highest BCUT2D eigenvalue weighted by Gasteiger charge is 2.24. The molecule has 1 aliphatic heterocycles. The zero-order valence-corrected chi connectivity index (χ0v) is 22.2. The first kappa shape index (κ1) is 25.5. The average Bonchev–Trinajstić information content (AvgIpc) is 3.53. The van der Waals surface area contributed by atoms with Crippen molar-refractivity contribution in [1.82, 2.24) is 39.6 Å². The van der Waals surface area contributed by atoms with Crippen LogP contribution >= 0.6 is 0 Å². The lowest BCUT2D eigenvalue weighted by Crippen LogP contribution is -2.47. The van der Waals surface area contributed by atoms with E-state index in [0.717, 1.165) is 17.7 Å². The Morgan fingerprint density at radius 1 is 1.05 bits per heavy atom. The van der Waals surface area contributed by atoms with Gasteiger partial charge in [-0.2, -0.15) is 5.10 Å².